The van der Waals surface area contributed by atoms with E-state index >= 15 is 0 Å². The fraction of sp³-hybridized carbons (Fsp3) is 0.400. The van der Waals surface area contributed by atoms with Crippen LogP contribution in [0.25, 0.3) is 10.8 Å². The van der Waals surface area contributed by atoms with Crippen molar-refractivity contribution in [2.45, 2.75) is 25.7 Å². The summed E-state index contributed by atoms with van der Waals surface area (Å²) in [7, 11) is 0. The van der Waals surface area contributed by atoms with E-state index in [9.17, 15) is 10.1 Å². The Morgan fingerprint density at radius 2 is 2.05 bits per heavy atom. The third-order valence-electron chi connectivity index (χ3n) is 4.05. The van der Waals surface area contributed by atoms with Gasteiger partial charge in [0.05, 0.1) is 10.3 Å². The zero-order valence-electron chi connectivity index (χ0n) is 11.2. The molecule has 1 aliphatic carbocycles. The number of aromatic nitrogens is 1. The number of nitrogens with zero attached hydrogens (tertiary/aromatic N) is 2. The first kappa shape index (κ1) is 12.8. The second-order valence-corrected chi connectivity index (χ2v) is 5.34. The molecule has 1 aromatic heterocycles. The molecule has 1 heterocycles. The number of hydrogen-bond donors (Lipinski definition) is 1. The van der Waals surface area contributed by atoms with E-state index in [-0.39, 0.29) is 10.6 Å². The van der Waals surface area contributed by atoms with Gasteiger partial charge in [-0.1, -0.05) is 12.8 Å². The molecule has 1 saturated carbocycles. The van der Waals surface area contributed by atoms with E-state index in [1.807, 2.05) is 6.07 Å². The van der Waals surface area contributed by atoms with E-state index in [1.54, 1.807) is 24.5 Å². The highest BCUT2D eigenvalue weighted by Crippen LogP contribution is 2.31. The van der Waals surface area contributed by atoms with Crippen LogP contribution in [-0.4, -0.2) is 16.5 Å². The van der Waals surface area contributed by atoms with Gasteiger partial charge in [-0.25, -0.2) is 0 Å². The summed E-state index contributed by atoms with van der Waals surface area (Å²) in [4.78, 5) is 14.7. The van der Waals surface area contributed by atoms with Crippen LogP contribution in [0.15, 0.2) is 30.6 Å². The van der Waals surface area contributed by atoms with E-state index in [1.165, 1.54) is 25.7 Å². The number of nitro benzene ring substituents is 1. The van der Waals surface area contributed by atoms with Gasteiger partial charge in [0, 0.05) is 36.1 Å². The van der Waals surface area contributed by atoms with Crippen molar-refractivity contribution in [2.24, 2.45) is 5.92 Å². The smallest absolute Gasteiger partial charge is 0.278 e. The highest BCUT2D eigenvalue weighted by molar-refractivity contribution is 5.99. The SMILES string of the molecule is O=[N+]([O-])c1ccc(NCC2CCCC2)c2ccncc12. The highest BCUT2D eigenvalue weighted by atomic mass is 16.6. The summed E-state index contributed by atoms with van der Waals surface area (Å²) in [5.74, 6) is 0.724. The lowest BCUT2D eigenvalue weighted by Gasteiger charge is -2.13. The molecule has 0 radical (unpaired) electrons. The van der Waals surface area contributed by atoms with Crippen molar-refractivity contribution in [3.05, 3.63) is 40.7 Å². The maximum absolute atomic E-state index is 11.1. The number of nitrogens with one attached hydrogen (secondary N) is 1. The number of anilines is 1. The van der Waals surface area contributed by atoms with E-state index in [2.05, 4.69) is 10.3 Å². The normalized spacial score (nSPS) is 15.6. The summed E-state index contributed by atoms with van der Waals surface area (Å²) < 4.78 is 0. The quantitative estimate of drug-likeness (QED) is 0.679. The minimum Gasteiger partial charge on any atom is -0.384 e. The minimum absolute atomic E-state index is 0.111. The molecular weight excluding hydrogens is 254 g/mol. The molecule has 0 atom stereocenters. The number of pyridine rings is 1. The number of benzene rings is 1. The first-order chi connectivity index (χ1) is 9.75. The van der Waals surface area contributed by atoms with E-state index in [4.69, 9.17) is 0 Å². The largest absolute Gasteiger partial charge is 0.384 e. The van der Waals surface area contributed by atoms with Crippen molar-refractivity contribution < 1.29 is 4.92 Å². The van der Waals surface area contributed by atoms with Crippen LogP contribution in [0.5, 0.6) is 0 Å². The predicted octanol–water partition coefficient (Wildman–Crippen LogP) is 3.75. The van der Waals surface area contributed by atoms with Crippen LogP contribution in [0.4, 0.5) is 11.4 Å². The van der Waals surface area contributed by atoms with Crippen molar-refractivity contribution >= 4 is 22.1 Å². The molecule has 1 aromatic carbocycles. The topological polar surface area (TPSA) is 68.1 Å². The van der Waals surface area contributed by atoms with Gasteiger partial charge in [-0.2, -0.15) is 0 Å². The summed E-state index contributed by atoms with van der Waals surface area (Å²) >= 11 is 0. The number of rotatable bonds is 4. The zero-order chi connectivity index (χ0) is 13.9. The van der Waals surface area contributed by atoms with E-state index < -0.39 is 0 Å². The number of nitro groups is 1. The lowest BCUT2D eigenvalue weighted by molar-refractivity contribution is -0.383. The molecule has 20 heavy (non-hydrogen) atoms. The highest BCUT2D eigenvalue weighted by Gasteiger charge is 2.17. The molecular formula is C15H17N3O2. The molecule has 1 aliphatic rings. The van der Waals surface area contributed by atoms with Gasteiger partial charge in [0.2, 0.25) is 0 Å². The Bertz CT molecular complexity index is 636. The Morgan fingerprint density at radius 3 is 2.80 bits per heavy atom. The van der Waals surface area contributed by atoms with Crippen molar-refractivity contribution in [1.29, 1.82) is 0 Å². The molecule has 0 spiro atoms. The van der Waals surface area contributed by atoms with Crippen LogP contribution in [0.1, 0.15) is 25.7 Å². The third kappa shape index (κ3) is 2.43. The Balaban J connectivity index is 1.91. The standard InChI is InChI=1S/C15H17N3O2/c19-18(20)15-6-5-14(12-7-8-16-10-13(12)15)17-9-11-3-1-2-4-11/h5-8,10-11,17H,1-4,9H2. The lowest BCUT2D eigenvalue weighted by atomic mass is 10.1. The Labute approximate surface area is 117 Å². The average Bonchev–Trinajstić information content (AvgIpc) is 2.97. The van der Waals surface area contributed by atoms with Crippen LogP contribution in [0, 0.1) is 16.0 Å². The summed E-state index contributed by atoms with van der Waals surface area (Å²) in [6, 6.07) is 5.19. The number of hydrogen-bond acceptors (Lipinski definition) is 4. The van der Waals surface area contributed by atoms with Gasteiger partial charge in [-0.15, -0.1) is 0 Å². The van der Waals surface area contributed by atoms with Crippen molar-refractivity contribution in [3.63, 3.8) is 0 Å². The minimum atomic E-state index is -0.356. The summed E-state index contributed by atoms with van der Waals surface area (Å²) in [5.41, 5.74) is 1.07. The van der Waals surface area contributed by atoms with Crippen LogP contribution < -0.4 is 5.32 Å². The fourth-order valence-corrected chi connectivity index (χ4v) is 2.96. The van der Waals surface area contributed by atoms with Crippen LogP contribution in [-0.2, 0) is 0 Å². The zero-order valence-corrected chi connectivity index (χ0v) is 11.2. The van der Waals surface area contributed by atoms with Gasteiger partial charge in [0.1, 0.15) is 0 Å². The number of non-ortho nitro benzene ring substituents is 1. The second kappa shape index (κ2) is 5.45. The molecule has 0 saturated heterocycles. The molecule has 104 valence electrons. The van der Waals surface area contributed by atoms with Gasteiger partial charge in [-0.05, 0) is 30.9 Å². The van der Waals surface area contributed by atoms with Gasteiger partial charge < -0.3 is 5.32 Å². The Morgan fingerprint density at radius 1 is 1.25 bits per heavy atom. The first-order valence-electron chi connectivity index (χ1n) is 7.00. The molecule has 5 nitrogen and oxygen atoms in total. The number of fused-ring (bicyclic) bond motifs is 1. The van der Waals surface area contributed by atoms with Gasteiger partial charge in [-0.3, -0.25) is 15.1 Å². The van der Waals surface area contributed by atoms with Gasteiger partial charge in [0.15, 0.2) is 0 Å². The maximum atomic E-state index is 11.1. The van der Waals surface area contributed by atoms with E-state index in [0.29, 0.717) is 5.39 Å². The molecule has 0 bridgehead atoms. The van der Waals surface area contributed by atoms with Crippen molar-refractivity contribution in [2.75, 3.05) is 11.9 Å². The molecule has 1 N–H and O–H groups in total. The monoisotopic (exact) mass is 271 g/mol. The van der Waals surface area contributed by atoms with Crippen LogP contribution in [0.2, 0.25) is 0 Å². The Hall–Kier alpha value is -2.17. The molecule has 1 fully saturated rings. The third-order valence-corrected chi connectivity index (χ3v) is 4.05. The Kier molecular flexibility index (Phi) is 3.50. The van der Waals surface area contributed by atoms with Crippen LogP contribution in [0.3, 0.4) is 0 Å². The average molecular weight is 271 g/mol. The molecule has 0 unspecified atom stereocenters. The van der Waals surface area contributed by atoms with Gasteiger partial charge in [0.25, 0.3) is 5.69 Å². The molecule has 0 aliphatic heterocycles. The van der Waals surface area contributed by atoms with E-state index in [0.717, 1.165) is 23.5 Å². The second-order valence-electron chi connectivity index (χ2n) is 5.34. The lowest BCUT2D eigenvalue weighted by Crippen LogP contribution is -2.11. The summed E-state index contributed by atoms with van der Waals surface area (Å²) in [6.07, 6.45) is 8.43. The van der Waals surface area contributed by atoms with Gasteiger partial charge >= 0.3 is 0 Å². The summed E-state index contributed by atoms with van der Waals surface area (Å²) in [6.45, 7) is 0.940. The fourth-order valence-electron chi connectivity index (χ4n) is 2.96. The molecule has 5 heteroatoms. The predicted molar refractivity (Wildman–Crippen MR) is 78.8 cm³/mol. The maximum Gasteiger partial charge on any atom is 0.278 e. The van der Waals surface area contributed by atoms with Crippen LogP contribution >= 0.6 is 0 Å². The first-order valence-corrected chi connectivity index (χ1v) is 7.00. The molecule has 0 amide bonds. The van der Waals surface area contributed by atoms with Crippen molar-refractivity contribution in [1.82, 2.24) is 4.98 Å². The summed E-state index contributed by atoms with van der Waals surface area (Å²) in [5, 5.41) is 16.0. The van der Waals surface area contributed by atoms with Crippen molar-refractivity contribution in [3.8, 4) is 0 Å². The molecule has 2 aromatic rings. The molecule has 3 rings (SSSR count).